The lowest BCUT2D eigenvalue weighted by molar-refractivity contribution is -0.118. The van der Waals surface area contributed by atoms with E-state index in [2.05, 4.69) is 54.4 Å². The zero-order valence-electron chi connectivity index (χ0n) is 15.9. The summed E-state index contributed by atoms with van der Waals surface area (Å²) in [6, 6.07) is 18.5. The van der Waals surface area contributed by atoms with Gasteiger partial charge in [0.25, 0.3) is 0 Å². The van der Waals surface area contributed by atoms with E-state index in [1.54, 1.807) is 18.0 Å². The van der Waals surface area contributed by atoms with E-state index in [0.717, 1.165) is 23.7 Å². The summed E-state index contributed by atoms with van der Waals surface area (Å²) in [4.78, 5) is 15.8. The maximum atomic E-state index is 12.4. The molecule has 0 aliphatic heterocycles. The lowest BCUT2D eigenvalue weighted by Gasteiger charge is -2.28. The Morgan fingerprint density at radius 2 is 1.85 bits per heavy atom. The Bertz CT molecular complexity index is 860. The van der Waals surface area contributed by atoms with Crippen LogP contribution in [-0.2, 0) is 4.79 Å². The molecule has 0 aliphatic carbocycles. The van der Waals surface area contributed by atoms with Crippen molar-refractivity contribution in [2.75, 3.05) is 25.4 Å². The van der Waals surface area contributed by atoms with Crippen molar-refractivity contribution < 1.29 is 9.21 Å². The van der Waals surface area contributed by atoms with Crippen LogP contribution in [0.1, 0.15) is 25.6 Å². The number of carbonyl (C=O) groups excluding carboxylic acids is 1. The molecule has 0 saturated carbocycles. The Kier molecular flexibility index (Phi) is 6.96. The summed E-state index contributed by atoms with van der Waals surface area (Å²) in [6.45, 7) is 6.60. The summed E-state index contributed by atoms with van der Waals surface area (Å²) >= 11 is 1.56. The summed E-state index contributed by atoms with van der Waals surface area (Å²) in [5.41, 5.74) is 0. The van der Waals surface area contributed by atoms with Crippen molar-refractivity contribution in [3.8, 4) is 0 Å². The molecule has 1 amide bonds. The Balaban J connectivity index is 1.55. The zero-order chi connectivity index (χ0) is 19.1. The van der Waals surface area contributed by atoms with E-state index >= 15 is 0 Å². The van der Waals surface area contributed by atoms with Gasteiger partial charge in [-0.1, -0.05) is 44.2 Å². The highest BCUT2D eigenvalue weighted by molar-refractivity contribution is 8.00. The Labute approximate surface area is 164 Å². The van der Waals surface area contributed by atoms with Gasteiger partial charge >= 0.3 is 0 Å². The Morgan fingerprint density at radius 3 is 2.56 bits per heavy atom. The summed E-state index contributed by atoms with van der Waals surface area (Å²) in [5, 5.41) is 5.48. The fourth-order valence-electron chi connectivity index (χ4n) is 3.22. The molecule has 3 aromatic rings. The molecule has 0 aliphatic rings. The van der Waals surface area contributed by atoms with Gasteiger partial charge in [-0.05, 0) is 48.1 Å². The number of nitrogens with zero attached hydrogens (tertiary/aromatic N) is 1. The molecule has 1 atom stereocenters. The molecule has 27 heavy (non-hydrogen) atoms. The van der Waals surface area contributed by atoms with Crippen molar-refractivity contribution in [2.45, 2.75) is 24.8 Å². The predicted octanol–water partition coefficient (Wildman–Crippen LogP) is 4.72. The number of likely N-dealkylation sites (N-methyl/N-ethyl adjacent to an activating group) is 1. The van der Waals surface area contributed by atoms with Gasteiger partial charge in [0, 0.05) is 11.4 Å². The fraction of sp³-hybridized carbons (Fsp3) is 0.318. The van der Waals surface area contributed by atoms with Gasteiger partial charge in [-0.15, -0.1) is 11.8 Å². The molecule has 0 saturated heterocycles. The molecule has 5 heteroatoms. The van der Waals surface area contributed by atoms with Crippen LogP contribution in [0.3, 0.4) is 0 Å². The lowest BCUT2D eigenvalue weighted by Crippen LogP contribution is -2.38. The molecule has 0 bridgehead atoms. The highest BCUT2D eigenvalue weighted by Crippen LogP contribution is 2.24. The van der Waals surface area contributed by atoms with Crippen LogP contribution in [0.15, 0.2) is 70.2 Å². The van der Waals surface area contributed by atoms with Crippen molar-refractivity contribution in [1.82, 2.24) is 10.2 Å². The number of amides is 1. The number of furan rings is 1. The van der Waals surface area contributed by atoms with Crippen LogP contribution in [0, 0.1) is 0 Å². The molecule has 1 aromatic heterocycles. The monoisotopic (exact) mass is 382 g/mol. The number of thioether (sulfide) groups is 1. The maximum Gasteiger partial charge on any atom is 0.230 e. The van der Waals surface area contributed by atoms with Gasteiger partial charge in [0.05, 0.1) is 18.1 Å². The average molecular weight is 383 g/mol. The van der Waals surface area contributed by atoms with E-state index in [1.807, 2.05) is 24.3 Å². The average Bonchev–Trinajstić information content (AvgIpc) is 3.24. The van der Waals surface area contributed by atoms with Gasteiger partial charge in [0.1, 0.15) is 5.76 Å². The summed E-state index contributed by atoms with van der Waals surface area (Å²) in [6.07, 6.45) is 1.68. The van der Waals surface area contributed by atoms with Gasteiger partial charge in [-0.3, -0.25) is 9.69 Å². The first-order chi connectivity index (χ1) is 13.2. The van der Waals surface area contributed by atoms with Gasteiger partial charge < -0.3 is 9.73 Å². The van der Waals surface area contributed by atoms with Crippen molar-refractivity contribution in [3.05, 3.63) is 66.6 Å². The number of fused-ring (bicyclic) bond motifs is 1. The third-order valence-corrected chi connectivity index (χ3v) is 5.70. The normalized spacial score (nSPS) is 12.4. The summed E-state index contributed by atoms with van der Waals surface area (Å²) < 4.78 is 5.58. The molecular weight excluding hydrogens is 356 g/mol. The van der Waals surface area contributed by atoms with Gasteiger partial charge in [-0.25, -0.2) is 0 Å². The number of hydrogen-bond donors (Lipinski definition) is 1. The molecule has 0 fully saturated rings. The molecule has 4 nitrogen and oxygen atoms in total. The molecule has 3 rings (SSSR count). The molecule has 0 spiro atoms. The largest absolute Gasteiger partial charge is 0.468 e. The van der Waals surface area contributed by atoms with Gasteiger partial charge in [0.2, 0.25) is 5.91 Å². The number of rotatable bonds is 9. The van der Waals surface area contributed by atoms with Crippen molar-refractivity contribution in [3.63, 3.8) is 0 Å². The molecule has 0 unspecified atom stereocenters. The lowest BCUT2D eigenvalue weighted by atomic mass is 10.1. The highest BCUT2D eigenvalue weighted by Gasteiger charge is 2.21. The maximum absolute atomic E-state index is 12.4. The van der Waals surface area contributed by atoms with Crippen LogP contribution < -0.4 is 5.32 Å². The van der Waals surface area contributed by atoms with E-state index in [-0.39, 0.29) is 11.9 Å². The first kappa shape index (κ1) is 19.5. The van der Waals surface area contributed by atoms with Crippen LogP contribution >= 0.6 is 11.8 Å². The molecule has 142 valence electrons. The van der Waals surface area contributed by atoms with Crippen LogP contribution in [0.5, 0.6) is 0 Å². The molecule has 0 radical (unpaired) electrons. The topological polar surface area (TPSA) is 45.5 Å². The minimum absolute atomic E-state index is 0.0388. The van der Waals surface area contributed by atoms with Gasteiger partial charge in [0.15, 0.2) is 0 Å². The fourth-order valence-corrected chi connectivity index (χ4v) is 4.00. The summed E-state index contributed by atoms with van der Waals surface area (Å²) in [7, 11) is 0. The number of carbonyl (C=O) groups is 1. The van der Waals surface area contributed by atoms with Crippen molar-refractivity contribution in [2.24, 2.45) is 0 Å². The van der Waals surface area contributed by atoms with E-state index in [4.69, 9.17) is 4.42 Å². The second-order valence-electron chi connectivity index (χ2n) is 6.35. The Morgan fingerprint density at radius 1 is 1.07 bits per heavy atom. The molecule has 1 N–H and O–H groups in total. The van der Waals surface area contributed by atoms with E-state index in [1.165, 1.54) is 10.8 Å². The smallest absolute Gasteiger partial charge is 0.230 e. The molecule has 1 heterocycles. The predicted molar refractivity (Wildman–Crippen MR) is 112 cm³/mol. The second kappa shape index (κ2) is 9.62. The molecular formula is C22H26N2O2S. The quantitative estimate of drug-likeness (QED) is 0.544. The number of hydrogen-bond acceptors (Lipinski definition) is 4. The summed E-state index contributed by atoms with van der Waals surface area (Å²) in [5.74, 6) is 1.33. The second-order valence-corrected chi connectivity index (χ2v) is 7.40. The van der Waals surface area contributed by atoms with Crippen molar-refractivity contribution >= 4 is 28.4 Å². The number of benzene rings is 2. The third-order valence-electron chi connectivity index (χ3n) is 4.71. The minimum Gasteiger partial charge on any atom is -0.468 e. The molecule has 2 aromatic carbocycles. The van der Waals surface area contributed by atoms with Crippen LogP contribution in [0.2, 0.25) is 0 Å². The number of nitrogens with one attached hydrogen (secondary N) is 1. The zero-order valence-corrected chi connectivity index (χ0v) is 16.7. The van der Waals surface area contributed by atoms with Crippen LogP contribution in [0.4, 0.5) is 0 Å². The van der Waals surface area contributed by atoms with E-state index < -0.39 is 0 Å². The van der Waals surface area contributed by atoms with E-state index in [0.29, 0.717) is 12.3 Å². The standard InChI is InChI=1S/C22H26N2O2S/c1-3-24(4-2)20(21-10-7-13-26-21)15-23-22(25)16-27-19-12-11-17-8-5-6-9-18(17)14-19/h5-14,20H,3-4,15-16H2,1-2H3,(H,23,25)/t20-/m0/s1. The van der Waals surface area contributed by atoms with Crippen molar-refractivity contribution in [1.29, 1.82) is 0 Å². The van der Waals surface area contributed by atoms with E-state index in [9.17, 15) is 4.79 Å². The minimum atomic E-state index is 0.0388. The Hall–Kier alpha value is -2.24. The van der Waals surface area contributed by atoms with Crippen LogP contribution in [0.25, 0.3) is 10.8 Å². The van der Waals surface area contributed by atoms with Gasteiger partial charge in [-0.2, -0.15) is 0 Å². The van der Waals surface area contributed by atoms with Crippen LogP contribution in [-0.4, -0.2) is 36.2 Å². The third kappa shape index (κ3) is 5.15. The SMILES string of the molecule is CCN(CC)[C@@H](CNC(=O)CSc1ccc2ccccc2c1)c1ccco1. The highest BCUT2D eigenvalue weighted by atomic mass is 32.2. The first-order valence-electron chi connectivity index (χ1n) is 9.37. The first-order valence-corrected chi connectivity index (χ1v) is 10.4.